The van der Waals surface area contributed by atoms with Crippen LogP contribution in [0.25, 0.3) is 0 Å². The van der Waals surface area contributed by atoms with Crippen LogP contribution in [0.1, 0.15) is 31.0 Å². The van der Waals surface area contributed by atoms with E-state index in [0.29, 0.717) is 0 Å². The van der Waals surface area contributed by atoms with Crippen LogP contribution in [0.5, 0.6) is 0 Å². The molecule has 14 heavy (non-hydrogen) atoms. The van der Waals surface area contributed by atoms with Crippen molar-refractivity contribution in [2.75, 3.05) is 19.0 Å². The molecule has 1 aromatic carbocycles. The predicted octanol–water partition coefficient (Wildman–Crippen LogP) is 2.33. The largest absolute Gasteiger partial charge is 0.377 e. The summed E-state index contributed by atoms with van der Waals surface area (Å²) in [5.41, 5.74) is 9.75. The fourth-order valence-electron chi connectivity index (χ4n) is 1.60. The van der Waals surface area contributed by atoms with Gasteiger partial charge in [-0.1, -0.05) is 19.1 Å². The average Bonchev–Trinajstić information content (AvgIpc) is 2.16. The predicted molar refractivity (Wildman–Crippen MR) is 62.7 cm³/mol. The Morgan fingerprint density at radius 3 is 2.43 bits per heavy atom. The number of nitrogens with two attached hydrogens (primary N) is 1. The van der Waals surface area contributed by atoms with Crippen LogP contribution in [-0.2, 0) is 6.42 Å². The molecule has 0 spiro atoms. The summed E-state index contributed by atoms with van der Waals surface area (Å²) in [4.78, 5) is 2.11. The Kier molecular flexibility index (Phi) is 3.53. The van der Waals surface area contributed by atoms with Crippen LogP contribution in [-0.4, -0.2) is 14.1 Å². The van der Waals surface area contributed by atoms with Gasteiger partial charge in [-0.2, -0.15) is 0 Å². The third-order valence-corrected chi connectivity index (χ3v) is 2.47. The van der Waals surface area contributed by atoms with Crippen molar-refractivity contribution in [2.24, 2.45) is 5.73 Å². The molecular weight excluding hydrogens is 172 g/mol. The number of benzene rings is 1. The van der Waals surface area contributed by atoms with Gasteiger partial charge in [-0.15, -0.1) is 0 Å². The SMILES string of the molecule is CCc1ccc(N(C)C)c(C(C)N)c1. The lowest BCUT2D eigenvalue weighted by Crippen LogP contribution is -2.15. The maximum atomic E-state index is 5.95. The van der Waals surface area contributed by atoms with Gasteiger partial charge in [0.25, 0.3) is 0 Å². The summed E-state index contributed by atoms with van der Waals surface area (Å²) < 4.78 is 0. The van der Waals surface area contributed by atoms with Crippen LogP contribution < -0.4 is 10.6 Å². The van der Waals surface area contributed by atoms with Gasteiger partial charge in [0.05, 0.1) is 0 Å². The van der Waals surface area contributed by atoms with Crippen LogP contribution in [0, 0.1) is 0 Å². The second-order valence-electron chi connectivity index (χ2n) is 3.93. The zero-order chi connectivity index (χ0) is 10.7. The van der Waals surface area contributed by atoms with Crippen molar-refractivity contribution in [3.8, 4) is 0 Å². The summed E-state index contributed by atoms with van der Waals surface area (Å²) in [6.07, 6.45) is 1.06. The van der Waals surface area contributed by atoms with Gasteiger partial charge in [0.2, 0.25) is 0 Å². The number of hydrogen-bond donors (Lipinski definition) is 1. The maximum absolute atomic E-state index is 5.95. The summed E-state index contributed by atoms with van der Waals surface area (Å²) >= 11 is 0. The van der Waals surface area contributed by atoms with E-state index in [-0.39, 0.29) is 6.04 Å². The lowest BCUT2D eigenvalue weighted by Gasteiger charge is -2.20. The summed E-state index contributed by atoms with van der Waals surface area (Å²) in [5.74, 6) is 0. The molecule has 2 heteroatoms. The molecule has 1 aromatic rings. The molecule has 0 aliphatic rings. The first kappa shape index (κ1) is 11.1. The lowest BCUT2D eigenvalue weighted by molar-refractivity contribution is 0.810. The van der Waals surface area contributed by atoms with Crippen LogP contribution >= 0.6 is 0 Å². The molecule has 78 valence electrons. The number of hydrogen-bond acceptors (Lipinski definition) is 2. The highest BCUT2D eigenvalue weighted by Crippen LogP contribution is 2.25. The van der Waals surface area contributed by atoms with Gasteiger partial charge in [0.15, 0.2) is 0 Å². The molecular formula is C12H20N2. The molecule has 0 saturated heterocycles. The average molecular weight is 192 g/mol. The molecule has 1 atom stereocenters. The Morgan fingerprint density at radius 1 is 1.36 bits per heavy atom. The molecule has 0 bridgehead atoms. The third kappa shape index (κ3) is 2.26. The minimum absolute atomic E-state index is 0.0962. The molecule has 0 aliphatic heterocycles. The smallest absolute Gasteiger partial charge is 0.0409 e. The van der Waals surface area contributed by atoms with Crippen molar-refractivity contribution < 1.29 is 0 Å². The number of aryl methyl sites for hydroxylation is 1. The van der Waals surface area contributed by atoms with Gasteiger partial charge in [0.1, 0.15) is 0 Å². The Hall–Kier alpha value is -1.02. The Labute approximate surface area is 86.7 Å². The lowest BCUT2D eigenvalue weighted by atomic mass is 10.0. The highest BCUT2D eigenvalue weighted by molar-refractivity contribution is 5.55. The van der Waals surface area contributed by atoms with Crippen LogP contribution in [0.4, 0.5) is 5.69 Å². The van der Waals surface area contributed by atoms with E-state index in [1.807, 2.05) is 21.0 Å². The second-order valence-corrected chi connectivity index (χ2v) is 3.93. The molecule has 1 unspecified atom stereocenters. The molecule has 0 aliphatic carbocycles. The molecule has 0 fully saturated rings. The minimum atomic E-state index is 0.0962. The van der Waals surface area contributed by atoms with Crippen molar-refractivity contribution >= 4 is 5.69 Å². The third-order valence-electron chi connectivity index (χ3n) is 2.47. The highest BCUT2D eigenvalue weighted by atomic mass is 15.1. The topological polar surface area (TPSA) is 29.3 Å². The summed E-state index contributed by atoms with van der Waals surface area (Å²) in [6.45, 7) is 4.19. The zero-order valence-corrected chi connectivity index (χ0v) is 9.54. The molecule has 0 radical (unpaired) electrons. The maximum Gasteiger partial charge on any atom is 0.0409 e. The summed E-state index contributed by atoms with van der Waals surface area (Å²) in [6, 6.07) is 6.62. The Morgan fingerprint density at radius 2 is 2.00 bits per heavy atom. The van der Waals surface area contributed by atoms with Crippen molar-refractivity contribution in [3.63, 3.8) is 0 Å². The van der Waals surface area contributed by atoms with E-state index in [9.17, 15) is 0 Å². The first-order valence-electron chi connectivity index (χ1n) is 5.12. The summed E-state index contributed by atoms with van der Waals surface area (Å²) in [7, 11) is 4.10. The molecule has 2 nitrogen and oxygen atoms in total. The van der Waals surface area contributed by atoms with Gasteiger partial charge in [-0.05, 0) is 30.5 Å². The monoisotopic (exact) mass is 192 g/mol. The zero-order valence-electron chi connectivity index (χ0n) is 9.54. The summed E-state index contributed by atoms with van der Waals surface area (Å²) in [5, 5.41) is 0. The van der Waals surface area contributed by atoms with Crippen molar-refractivity contribution in [2.45, 2.75) is 26.3 Å². The highest BCUT2D eigenvalue weighted by Gasteiger charge is 2.08. The quantitative estimate of drug-likeness (QED) is 0.796. The van der Waals surface area contributed by atoms with Gasteiger partial charge < -0.3 is 10.6 Å². The van der Waals surface area contributed by atoms with Gasteiger partial charge in [-0.3, -0.25) is 0 Å². The van der Waals surface area contributed by atoms with E-state index in [1.165, 1.54) is 16.8 Å². The van der Waals surface area contributed by atoms with Gasteiger partial charge >= 0.3 is 0 Å². The van der Waals surface area contributed by atoms with E-state index in [2.05, 4.69) is 30.0 Å². The molecule has 0 amide bonds. The molecule has 0 saturated carbocycles. The minimum Gasteiger partial charge on any atom is -0.377 e. The van der Waals surface area contributed by atoms with Crippen molar-refractivity contribution in [1.29, 1.82) is 0 Å². The standard InChI is InChI=1S/C12H20N2/c1-5-10-6-7-12(14(3)4)11(8-10)9(2)13/h6-9H,5,13H2,1-4H3. The molecule has 0 aromatic heterocycles. The number of rotatable bonds is 3. The molecule has 1 rings (SSSR count). The van der Waals surface area contributed by atoms with E-state index in [4.69, 9.17) is 5.73 Å². The molecule has 2 N–H and O–H groups in total. The Balaban J connectivity index is 3.17. The van der Waals surface area contributed by atoms with Crippen molar-refractivity contribution in [3.05, 3.63) is 29.3 Å². The van der Waals surface area contributed by atoms with E-state index < -0.39 is 0 Å². The second kappa shape index (κ2) is 4.47. The number of anilines is 1. The first-order valence-corrected chi connectivity index (χ1v) is 5.12. The van der Waals surface area contributed by atoms with Gasteiger partial charge in [-0.25, -0.2) is 0 Å². The fraction of sp³-hybridized carbons (Fsp3) is 0.500. The normalized spacial score (nSPS) is 12.6. The Bertz CT molecular complexity index is 303. The fourth-order valence-corrected chi connectivity index (χ4v) is 1.60. The van der Waals surface area contributed by atoms with Crippen LogP contribution in [0.15, 0.2) is 18.2 Å². The van der Waals surface area contributed by atoms with Gasteiger partial charge in [0, 0.05) is 25.8 Å². The number of nitrogens with zero attached hydrogens (tertiary/aromatic N) is 1. The van der Waals surface area contributed by atoms with Crippen LogP contribution in [0.3, 0.4) is 0 Å². The molecule has 0 heterocycles. The van der Waals surface area contributed by atoms with E-state index in [1.54, 1.807) is 0 Å². The first-order chi connectivity index (χ1) is 6.56. The van der Waals surface area contributed by atoms with E-state index in [0.717, 1.165) is 6.42 Å². The van der Waals surface area contributed by atoms with Crippen molar-refractivity contribution in [1.82, 2.24) is 0 Å². The van der Waals surface area contributed by atoms with E-state index >= 15 is 0 Å². The van der Waals surface area contributed by atoms with Crippen LogP contribution in [0.2, 0.25) is 0 Å².